The number of para-hydroxylation sites is 1. The Morgan fingerprint density at radius 3 is 2.97 bits per heavy atom. The van der Waals surface area contributed by atoms with Gasteiger partial charge in [-0.15, -0.1) is 0 Å². The van der Waals surface area contributed by atoms with Crippen LogP contribution in [0.15, 0.2) is 48.9 Å². The summed E-state index contributed by atoms with van der Waals surface area (Å²) < 4.78 is 0. The summed E-state index contributed by atoms with van der Waals surface area (Å²) in [6, 6.07) is 11.3. The Hall–Kier alpha value is -3.56. The van der Waals surface area contributed by atoms with Crippen LogP contribution in [0, 0.1) is 0 Å². The third kappa shape index (κ3) is 4.32. The third-order valence-corrected chi connectivity index (χ3v) is 6.32. The zero-order valence-electron chi connectivity index (χ0n) is 18.6. The Morgan fingerprint density at radius 1 is 1.24 bits per heavy atom. The molecule has 0 bridgehead atoms. The quantitative estimate of drug-likeness (QED) is 0.388. The number of aliphatic hydroxyl groups is 1. The van der Waals surface area contributed by atoms with Gasteiger partial charge in [-0.25, -0.2) is 15.0 Å². The van der Waals surface area contributed by atoms with E-state index in [1.54, 1.807) is 6.20 Å². The summed E-state index contributed by atoms with van der Waals surface area (Å²) in [6.07, 6.45) is 4.00. The summed E-state index contributed by atoms with van der Waals surface area (Å²) in [6.45, 7) is 2.84. The molecule has 0 aliphatic carbocycles. The minimum atomic E-state index is -0.520. The lowest BCUT2D eigenvalue weighted by atomic mass is 10.1. The lowest BCUT2D eigenvalue weighted by Gasteiger charge is -2.25. The van der Waals surface area contributed by atoms with Crippen LogP contribution >= 0.6 is 11.6 Å². The second-order valence-corrected chi connectivity index (χ2v) is 8.74. The number of pyridine rings is 2. The molecule has 0 saturated carbocycles. The Kier molecular flexibility index (Phi) is 6.12. The van der Waals surface area contributed by atoms with Crippen molar-refractivity contribution >= 4 is 51.1 Å². The van der Waals surface area contributed by atoms with Gasteiger partial charge in [0.05, 0.1) is 22.1 Å². The fourth-order valence-electron chi connectivity index (χ4n) is 4.37. The molecule has 5 rings (SSSR count). The van der Waals surface area contributed by atoms with E-state index in [-0.39, 0.29) is 18.0 Å². The predicted octanol–water partition coefficient (Wildman–Crippen LogP) is 3.09. The van der Waals surface area contributed by atoms with Gasteiger partial charge >= 0.3 is 0 Å². The molecule has 34 heavy (non-hydrogen) atoms. The molecule has 0 radical (unpaired) electrons. The van der Waals surface area contributed by atoms with E-state index in [1.165, 1.54) is 6.33 Å². The smallest absolute Gasteiger partial charge is 0.245 e. The number of hydrogen-bond donors (Lipinski definition) is 3. The molecule has 4 heterocycles. The monoisotopic (exact) mass is 477 g/mol. The van der Waals surface area contributed by atoms with Crippen molar-refractivity contribution in [2.45, 2.75) is 25.4 Å². The van der Waals surface area contributed by atoms with Gasteiger partial charge in [0, 0.05) is 36.3 Å². The summed E-state index contributed by atoms with van der Waals surface area (Å²) in [5, 5.41) is 16.9. The number of aromatic nitrogens is 4. The van der Waals surface area contributed by atoms with Gasteiger partial charge < -0.3 is 20.6 Å². The van der Waals surface area contributed by atoms with Crippen LogP contribution in [-0.2, 0) is 4.79 Å². The number of carbonyl (C=O) groups is 1. The molecular weight excluding hydrogens is 454 g/mol. The van der Waals surface area contributed by atoms with Crippen LogP contribution in [0.3, 0.4) is 0 Å². The highest BCUT2D eigenvalue weighted by Gasteiger charge is 2.28. The second-order valence-electron chi connectivity index (χ2n) is 8.33. The average Bonchev–Trinajstić information content (AvgIpc) is 3.32. The maximum Gasteiger partial charge on any atom is 0.245 e. The van der Waals surface area contributed by atoms with Crippen LogP contribution in [0.5, 0.6) is 0 Å². The molecule has 1 amide bonds. The Balaban J connectivity index is 1.52. The Bertz CT molecular complexity index is 1360. The molecule has 1 fully saturated rings. The number of rotatable bonds is 6. The molecular formula is C24H24ClN7O2. The molecule has 0 unspecified atom stereocenters. The first kappa shape index (κ1) is 22.2. The molecule has 3 aromatic heterocycles. The van der Waals surface area contributed by atoms with Gasteiger partial charge in [-0.3, -0.25) is 9.78 Å². The standard InChI is InChI=1S/C24H24ClN7O2/c1-14(29-23-22-19(27-13-28-23)6-3-8-26-22)17-10-15-4-2-5-18(25)21(15)31-24(17)32-9-7-16(11-32)30-20(34)12-33/h2-6,8,10,13-14,16,33H,7,9,11-12H2,1H3,(H,30,34)(H,27,28,29)/t14-,16+/m0/s1. The average molecular weight is 478 g/mol. The van der Waals surface area contributed by atoms with Gasteiger partial charge in [0.25, 0.3) is 0 Å². The predicted molar refractivity (Wildman–Crippen MR) is 132 cm³/mol. The normalized spacial score (nSPS) is 16.7. The van der Waals surface area contributed by atoms with Gasteiger partial charge in [0.1, 0.15) is 24.3 Å². The van der Waals surface area contributed by atoms with Gasteiger partial charge in [-0.05, 0) is 37.6 Å². The number of amides is 1. The van der Waals surface area contributed by atoms with E-state index in [9.17, 15) is 4.79 Å². The molecule has 1 aliphatic rings. The molecule has 1 aromatic carbocycles. The Morgan fingerprint density at radius 2 is 2.12 bits per heavy atom. The van der Waals surface area contributed by atoms with Crippen molar-refractivity contribution in [3.8, 4) is 0 Å². The van der Waals surface area contributed by atoms with Crippen LogP contribution in [0.1, 0.15) is 24.9 Å². The zero-order valence-corrected chi connectivity index (χ0v) is 19.3. The van der Waals surface area contributed by atoms with Crippen LogP contribution < -0.4 is 15.5 Å². The highest BCUT2D eigenvalue weighted by Crippen LogP contribution is 2.34. The molecule has 4 aromatic rings. The zero-order chi connectivity index (χ0) is 23.7. The topological polar surface area (TPSA) is 116 Å². The number of fused-ring (bicyclic) bond motifs is 2. The summed E-state index contributed by atoms with van der Waals surface area (Å²) in [7, 11) is 0. The fourth-order valence-corrected chi connectivity index (χ4v) is 4.59. The minimum Gasteiger partial charge on any atom is -0.387 e. The van der Waals surface area contributed by atoms with Crippen molar-refractivity contribution in [1.82, 2.24) is 25.3 Å². The maximum atomic E-state index is 11.7. The van der Waals surface area contributed by atoms with Crippen molar-refractivity contribution in [1.29, 1.82) is 0 Å². The van der Waals surface area contributed by atoms with Gasteiger partial charge in [-0.2, -0.15) is 0 Å². The third-order valence-electron chi connectivity index (χ3n) is 6.02. The van der Waals surface area contributed by atoms with Crippen LogP contribution in [0.4, 0.5) is 11.6 Å². The van der Waals surface area contributed by atoms with E-state index >= 15 is 0 Å². The van der Waals surface area contributed by atoms with E-state index in [4.69, 9.17) is 21.7 Å². The molecule has 2 atom stereocenters. The number of halogens is 1. The molecule has 0 spiro atoms. The first-order chi connectivity index (χ1) is 16.5. The number of anilines is 2. The van der Waals surface area contributed by atoms with Crippen molar-refractivity contribution < 1.29 is 9.90 Å². The highest BCUT2D eigenvalue weighted by atomic mass is 35.5. The number of hydrogen-bond acceptors (Lipinski definition) is 8. The first-order valence-electron chi connectivity index (χ1n) is 11.1. The summed E-state index contributed by atoms with van der Waals surface area (Å²) in [4.78, 5) is 31.9. The molecule has 1 aliphatic heterocycles. The van der Waals surface area contributed by atoms with Gasteiger partial charge in [0.2, 0.25) is 5.91 Å². The van der Waals surface area contributed by atoms with E-state index in [0.29, 0.717) is 22.9 Å². The molecule has 10 heteroatoms. The van der Waals surface area contributed by atoms with E-state index in [1.807, 2.05) is 30.3 Å². The van der Waals surface area contributed by atoms with Crippen molar-refractivity contribution in [2.75, 3.05) is 29.9 Å². The van der Waals surface area contributed by atoms with E-state index < -0.39 is 6.61 Å². The van der Waals surface area contributed by atoms with E-state index in [0.717, 1.165) is 40.8 Å². The van der Waals surface area contributed by atoms with Crippen molar-refractivity contribution in [3.05, 3.63) is 59.5 Å². The molecule has 1 saturated heterocycles. The highest BCUT2D eigenvalue weighted by molar-refractivity contribution is 6.35. The number of nitrogens with zero attached hydrogens (tertiary/aromatic N) is 5. The minimum absolute atomic E-state index is 0.0606. The van der Waals surface area contributed by atoms with Crippen LogP contribution in [0.25, 0.3) is 21.9 Å². The lowest BCUT2D eigenvalue weighted by molar-refractivity contribution is -0.124. The second kappa shape index (κ2) is 9.36. The van der Waals surface area contributed by atoms with Crippen molar-refractivity contribution in [2.24, 2.45) is 0 Å². The van der Waals surface area contributed by atoms with Gasteiger partial charge in [0.15, 0.2) is 5.82 Å². The molecule has 3 N–H and O–H groups in total. The number of nitrogens with one attached hydrogen (secondary N) is 2. The lowest BCUT2D eigenvalue weighted by Crippen LogP contribution is -2.38. The summed E-state index contributed by atoms with van der Waals surface area (Å²) in [5.74, 6) is 1.07. The van der Waals surface area contributed by atoms with Crippen LogP contribution in [0.2, 0.25) is 5.02 Å². The van der Waals surface area contributed by atoms with E-state index in [2.05, 4.69) is 43.5 Å². The summed E-state index contributed by atoms with van der Waals surface area (Å²) in [5.41, 5.74) is 3.17. The maximum absolute atomic E-state index is 11.7. The number of benzene rings is 1. The largest absolute Gasteiger partial charge is 0.387 e. The van der Waals surface area contributed by atoms with Crippen LogP contribution in [-0.4, -0.2) is 56.7 Å². The van der Waals surface area contributed by atoms with Crippen molar-refractivity contribution in [3.63, 3.8) is 0 Å². The summed E-state index contributed by atoms with van der Waals surface area (Å²) >= 11 is 6.47. The van der Waals surface area contributed by atoms with Gasteiger partial charge in [-0.1, -0.05) is 23.7 Å². The first-order valence-corrected chi connectivity index (χ1v) is 11.5. The molecule has 174 valence electrons. The number of aliphatic hydroxyl groups excluding tert-OH is 1. The molecule has 9 nitrogen and oxygen atoms in total. The fraction of sp³-hybridized carbons (Fsp3) is 0.292. The Labute approximate surface area is 201 Å². The number of carbonyl (C=O) groups excluding carboxylic acids is 1. The SMILES string of the molecule is C[C@H](Nc1ncnc2cccnc12)c1cc2cccc(Cl)c2nc1N1CC[C@@H](NC(=O)CO)C1.